The van der Waals surface area contributed by atoms with Crippen LogP contribution in [0.25, 0.3) is 0 Å². The van der Waals surface area contributed by atoms with E-state index in [1.165, 1.54) is 5.56 Å². The third-order valence-corrected chi connectivity index (χ3v) is 3.19. The smallest absolute Gasteiger partial charge is 0.0594 e. The third-order valence-electron chi connectivity index (χ3n) is 3.19. The van der Waals surface area contributed by atoms with E-state index in [0.29, 0.717) is 6.04 Å². The first-order valence-electron chi connectivity index (χ1n) is 5.98. The lowest BCUT2D eigenvalue weighted by Crippen LogP contribution is -2.38. The van der Waals surface area contributed by atoms with Gasteiger partial charge in [0.05, 0.1) is 13.2 Å². The summed E-state index contributed by atoms with van der Waals surface area (Å²) in [6.07, 6.45) is 1.13. The summed E-state index contributed by atoms with van der Waals surface area (Å²) in [5.74, 6) is 0. The van der Waals surface area contributed by atoms with Crippen molar-refractivity contribution >= 4 is 5.69 Å². The molecule has 0 radical (unpaired) electrons. The highest BCUT2D eigenvalue weighted by Crippen LogP contribution is 2.25. The quantitative estimate of drug-likeness (QED) is 0.792. The van der Waals surface area contributed by atoms with Gasteiger partial charge in [-0.05, 0) is 24.1 Å². The highest BCUT2D eigenvalue weighted by molar-refractivity contribution is 5.40. The van der Waals surface area contributed by atoms with Crippen LogP contribution in [0.2, 0.25) is 0 Å². The summed E-state index contributed by atoms with van der Waals surface area (Å²) < 4.78 is 5.39. The molecule has 3 nitrogen and oxygen atoms in total. The second-order valence-corrected chi connectivity index (χ2v) is 4.24. The fourth-order valence-electron chi connectivity index (χ4n) is 2.31. The Bertz CT molecular complexity index is 317. The summed E-state index contributed by atoms with van der Waals surface area (Å²) in [7, 11) is 0. The first-order chi connectivity index (χ1) is 7.81. The number of benzene rings is 1. The van der Waals surface area contributed by atoms with E-state index in [1.54, 1.807) is 0 Å². The predicted molar refractivity (Wildman–Crippen MR) is 66.3 cm³/mol. The van der Waals surface area contributed by atoms with Crippen LogP contribution in [0.3, 0.4) is 0 Å². The number of rotatable bonds is 3. The zero-order valence-corrected chi connectivity index (χ0v) is 9.86. The second kappa shape index (κ2) is 5.32. The molecule has 16 heavy (non-hydrogen) atoms. The first-order valence-corrected chi connectivity index (χ1v) is 5.98. The zero-order chi connectivity index (χ0) is 11.4. The summed E-state index contributed by atoms with van der Waals surface area (Å²) in [6.45, 7) is 6.00. The monoisotopic (exact) mass is 220 g/mol. The highest BCUT2D eigenvalue weighted by Gasteiger charge is 2.20. The summed E-state index contributed by atoms with van der Waals surface area (Å²) >= 11 is 0. The summed E-state index contributed by atoms with van der Waals surface area (Å²) in [6, 6.07) is 8.75. The van der Waals surface area contributed by atoms with E-state index in [4.69, 9.17) is 10.5 Å². The van der Waals surface area contributed by atoms with Crippen LogP contribution in [0.5, 0.6) is 0 Å². The van der Waals surface area contributed by atoms with Crippen LogP contribution in [0.4, 0.5) is 5.69 Å². The normalized spacial score (nSPS) is 19.6. The van der Waals surface area contributed by atoms with E-state index < -0.39 is 0 Å². The van der Waals surface area contributed by atoms with Crippen molar-refractivity contribution in [3.8, 4) is 0 Å². The van der Waals surface area contributed by atoms with Gasteiger partial charge in [-0.2, -0.15) is 0 Å². The van der Waals surface area contributed by atoms with Crippen LogP contribution in [0, 0.1) is 0 Å². The molecule has 0 aromatic heterocycles. The van der Waals surface area contributed by atoms with Gasteiger partial charge in [-0.25, -0.2) is 0 Å². The molecule has 1 aromatic rings. The van der Waals surface area contributed by atoms with Gasteiger partial charge in [-0.1, -0.05) is 19.1 Å². The summed E-state index contributed by atoms with van der Waals surface area (Å²) in [5.41, 5.74) is 7.91. The van der Waals surface area contributed by atoms with E-state index >= 15 is 0 Å². The molecule has 1 unspecified atom stereocenters. The largest absolute Gasteiger partial charge is 0.399 e. The molecule has 0 bridgehead atoms. The maximum atomic E-state index is 5.71. The van der Waals surface area contributed by atoms with Gasteiger partial charge >= 0.3 is 0 Å². The minimum atomic E-state index is 0.504. The van der Waals surface area contributed by atoms with Crippen molar-refractivity contribution in [2.75, 3.05) is 32.0 Å². The van der Waals surface area contributed by atoms with Crippen molar-refractivity contribution in [3.63, 3.8) is 0 Å². The number of nitrogens with two attached hydrogens (primary N) is 1. The predicted octanol–water partition coefficient (Wildman–Crippen LogP) is 2.05. The molecule has 1 aromatic carbocycles. The Morgan fingerprint density at radius 3 is 2.44 bits per heavy atom. The van der Waals surface area contributed by atoms with Gasteiger partial charge in [0.1, 0.15) is 0 Å². The molecule has 1 atom stereocenters. The first kappa shape index (κ1) is 11.4. The number of nitrogens with zero attached hydrogens (tertiary/aromatic N) is 1. The van der Waals surface area contributed by atoms with E-state index in [-0.39, 0.29) is 0 Å². The molecule has 2 N–H and O–H groups in total. The van der Waals surface area contributed by atoms with E-state index in [2.05, 4.69) is 24.0 Å². The van der Waals surface area contributed by atoms with Crippen molar-refractivity contribution in [3.05, 3.63) is 29.8 Å². The molecular formula is C13H20N2O. The second-order valence-electron chi connectivity index (χ2n) is 4.24. The van der Waals surface area contributed by atoms with E-state index in [0.717, 1.165) is 38.4 Å². The number of hydrogen-bond acceptors (Lipinski definition) is 3. The minimum Gasteiger partial charge on any atom is -0.399 e. The fourth-order valence-corrected chi connectivity index (χ4v) is 2.31. The lowest BCUT2D eigenvalue weighted by atomic mass is 10.0. The van der Waals surface area contributed by atoms with Crippen molar-refractivity contribution in [2.24, 2.45) is 0 Å². The van der Waals surface area contributed by atoms with Gasteiger partial charge < -0.3 is 10.5 Å². The van der Waals surface area contributed by atoms with Gasteiger partial charge in [0.2, 0.25) is 0 Å². The number of nitrogen functional groups attached to an aromatic ring is 1. The number of hydrogen-bond donors (Lipinski definition) is 1. The van der Waals surface area contributed by atoms with Gasteiger partial charge in [0.15, 0.2) is 0 Å². The molecule has 3 heteroatoms. The van der Waals surface area contributed by atoms with Crippen LogP contribution in [0.1, 0.15) is 24.9 Å². The Labute approximate surface area is 97.2 Å². The van der Waals surface area contributed by atoms with Crippen LogP contribution >= 0.6 is 0 Å². The Morgan fingerprint density at radius 2 is 1.88 bits per heavy atom. The zero-order valence-electron chi connectivity index (χ0n) is 9.86. The summed E-state index contributed by atoms with van der Waals surface area (Å²) in [5, 5.41) is 0. The Morgan fingerprint density at radius 1 is 1.25 bits per heavy atom. The minimum absolute atomic E-state index is 0.504. The molecule has 88 valence electrons. The molecule has 0 saturated carbocycles. The highest BCUT2D eigenvalue weighted by atomic mass is 16.5. The van der Waals surface area contributed by atoms with Gasteiger partial charge in [-0.3, -0.25) is 4.90 Å². The molecule has 1 aliphatic heterocycles. The Hall–Kier alpha value is -1.06. The molecule has 0 spiro atoms. The molecule has 1 fully saturated rings. The number of ether oxygens (including phenoxy) is 1. The van der Waals surface area contributed by atoms with Crippen LogP contribution in [0.15, 0.2) is 24.3 Å². The van der Waals surface area contributed by atoms with E-state index in [1.807, 2.05) is 12.1 Å². The third kappa shape index (κ3) is 2.54. The van der Waals surface area contributed by atoms with Crippen molar-refractivity contribution in [1.29, 1.82) is 0 Å². The van der Waals surface area contributed by atoms with Crippen LogP contribution in [-0.2, 0) is 4.74 Å². The topological polar surface area (TPSA) is 38.5 Å². The van der Waals surface area contributed by atoms with Gasteiger partial charge in [0, 0.05) is 24.8 Å². The van der Waals surface area contributed by atoms with Crippen molar-refractivity contribution in [2.45, 2.75) is 19.4 Å². The maximum absolute atomic E-state index is 5.71. The molecule has 1 saturated heterocycles. The fraction of sp³-hybridized carbons (Fsp3) is 0.538. The Balaban J connectivity index is 2.11. The molecular weight excluding hydrogens is 200 g/mol. The molecule has 1 aliphatic rings. The average Bonchev–Trinajstić information content (AvgIpc) is 2.34. The van der Waals surface area contributed by atoms with Crippen LogP contribution < -0.4 is 5.73 Å². The lowest BCUT2D eigenvalue weighted by Gasteiger charge is -2.34. The molecule has 0 aliphatic carbocycles. The van der Waals surface area contributed by atoms with Crippen molar-refractivity contribution in [1.82, 2.24) is 4.90 Å². The maximum Gasteiger partial charge on any atom is 0.0594 e. The van der Waals surface area contributed by atoms with Gasteiger partial charge in [0.25, 0.3) is 0 Å². The standard InChI is InChI=1S/C13H20N2O/c1-2-13(15-7-9-16-10-8-15)11-3-5-12(14)6-4-11/h3-6,13H,2,7-10,14H2,1H3. The van der Waals surface area contributed by atoms with Gasteiger partial charge in [-0.15, -0.1) is 0 Å². The molecule has 1 heterocycles. The summed E-state index contributed by atoms with van der Waals surface area (Å²) in [4.78, 5) is 2.50. The molecule has 2 rings (SSSR count). The number of morpholine rings is 1. The number of anilines is 1. The Kier molecular flexibility index (Phi) is 3.80. The van der Waals surface area contributed by atoms with E-state index in [9.17, 15) is 0 Å². The molecule has 0 amide bonds. The SMILES string of the molecule is CCC(c1ccc(N)cc1)N1CCOCC1. The van der Waals surface area contributed by atoms with Crippen molar-refractivity contribution < 1.29 is 4.74 Å². The average molecular weight is 220 g/mol. The lowest BCUT2D eigenvalue weighted by molar-refractivity contribution is 0.0152. The van der Waals surface area contributed by atoms with Crippen LogP contribution in [-0.4, -0.2) is 31.2 Å².